The summed E-state index contributed by atoms with van der Waals surface area (Å²) in [6.07, 6.45) is 4.47. The van der Waals surface area contributed by atoms with E-state index in [0.29, 0.717) is 0 Å². The molecule has 4 heterocycles. The van der Waals surface area contributed by atoms with Gasteiger partial charge in [-0.1, -0.05) is 353 Å². The van der Waals surface area contributed by atoms with Gasteiger partial charge in [-0.2, -0.15) is 0 Å². The van der Waals surface area contributed by atoms with E-state index in [0.717, 1.165) is 36.3 Å². The molecule has 1 fully saturated rings. The largest absolute Gasteiger partial charge is 0.335 e. The Morgan fingerprint density at radius 3 is 1.11 bits per heavy atom. The Morgan fingerprint density at radius 1 is 0.318 bits per heavy atom. The predicted octanol–water partition coefficient (Wildman–Crippen LogP) is 13.9. The first-order chi connectivity index (χ1) is 52.6. The van der Waals surface area contributed by atoms with Crippen molar-refractivity contribution >= 4 is 160 Å². The van der Waals surface area contributed by atoms with Crippen LogP contribution in [0.1, 0.15) is 56.2 Å². The zero-order valence-electron chi connectivity index (χ0n) is 61.0. The summed E-state index contributed by atoms with van der Waals surface area (Å²) >= 11 is 0. The van der Waals surface area contributed by atoms with Crippen LogP contribution in [0.15, 0.2) is 376 Å². The first-order valence-electron chi connectivity index (χ1n) is 38.4. The van der Waals surface area contributed by atoms with Gasteiger partial charge in [0.15, 0.2) is 24.2 Å². The van der Waals surface area contributed by atoms with E-state index in [1.165, 1.54) is 141 Å². The highest BCUT2D eigenvalue weighted by Crippen LogP contribution is 2.62. The monoisotopic (exact) mass is 1420 g/mol. The normalized spacial score (nSPS) is 16.3. The van der Waals surface area contributed by atoms with Crippen LogP contribution in [0.25, 0.3) is 27.5 Å². The topological polar surface area (TPSA) is 11.4 Å². The van der Waals surface area contributed by atoms with Gasteiger partial charge in [0.25, 0.3) is 6.71 Å². The molecule has 512 valence electrons. The van der Waals surface area contributed by atoms with Gasteiger partial charge in [-0.3, -0.25) is 0 Å². The number of nitrogens with zero attached hydrogens (tertiary/aromatic N) is 3. The Labute approximate surface area is 632 Å². The van der Waals surface area contributed by atoms with Crippen LogP contribution >= 0.6 is 0 Å². The molecule has 0 amide bonds. The molecule has 0 bridgehead atoms. The summed E-state index contributed by atoms with van der Waals surface area (Å²) in [6, 6.07) is 147. The van der Waals surface area contributed by atoms with Crippen LogP contribution in [0, 0.1) is 13.8 Å². The summed E-state index contributed by atoms with van der Waals surface area (Å²) in [6.45, 7) is 9.62. The third-order valence-corrected chi connectivity index (χ3v) is 39.9. The van der Waals surface area contributed by atoms with E-state index in [4.69, 9.17) is 0 Å². The molecular weight excluding hydrogens is 1340 g/mol. The molecule has 0 N–H and O–H groups in total. The van der Waals surface area contributed by atoms with Gasteiger partial charge in [0.2, 0.25) is 0 Å². The molecule has 2 atom stereocenters. The average molecular weight is 1420 g/mol. The predicted molar refractivity (Wildman–Crippen MR) is 463 cm³/mol. The maximum Gasteiger partial charge on any atom is 0.252 e. The van der Waals surface area contributed by atoms with Crippen molar-refractivity contribution in [2.24, 2.45) is 0 Å². The van der Waals surface area contributed by atoms with Crippen molar-refractivity contribution in [1.82, 2.24) is 4.57 Å². The van der Waals surface area contributed by atoms with Crippen LogP contribution < -0.4 is 88.4 Å². The van der Waals surface area contributed by atoms with E-state index >= 15 is 0 Å². The van der Waals surface area contributed by atoms with E-state index in [2.05, 4.69) is 418 Å². The quantitative estimate of drug-likeness (QED) is 0.0749. The SMILES string of the molecule is Cc1cccc(N(c2cccc(C)c2)c2cc3c4c(c2)-n2c5ccc([Si](c6ccccc6)(c6ccccc6)c6ccccc6)cc5c5cc([Si](c6ccccc6)(c6ccccc6)c6ccccc6)cc(c52)B4c2cc([Si](c4ccccc4)(c4ccccc4)c4ccccc4)cc4c2N3C2(C)CCCCC42C)c1. The zero-order valence-corrected chi connectivity index (χ0v) is 64.0. The molecule has 3 aliphatic heterocycles. The second kappa shape index (κ2) is 25.3. The van der Waals surface area contributed by atoms with Crippen molar-refractivity contribution in [2.75, 3.05) is 9.80 Å². The number of aryl methyl sites for hydroxylation is 2. The van der Waals surface area contributed by atoms with Crippen LogP contribution in [0.2, 0.25) is 0 Å². The molecule has 0 spiro atoms. The number of benzene rings is 15. The van der Waals surface area contributed by atoms with Crippen LogP contribution in [0.3, 0.4) is 0 Å². The molecule has 4 aliphatic rings. The summed E-state index contributed by atoms with van der Waals surface area (Å²) in [5.41, 5.74) is 17.4. The Hall–Kier alpha value is -11.6. The van der Waals surface area contributed by atoms with Crippen LogP contribution in [0.5, 0.6) is 0 Å². The van der Waals surface area contributed by atoms with Crippen LogP contribution in [-0.4, -0.2) is 41.0 Å². The number of anilines is 5. The fourth-order valence-corrected chi connectivity index (χ4v) is 35.2. The lowest BCUT2D eigenvalue weighted by atomic mass is 9.33. The fourth-order valence-electron chi connectivity index (χ4n) is 20.8. The Kier molecular flexibility index (Phi) is 15.4. The number of rotatable bonds is 15. The molecule has 0 saturated heterocycles. The minimum Gasteiger partial charge on any atom is -0.335 e. The molecule has 1 aliphatic carbocycles. The standard InChI is InChI=1S/C100H82BN3Si3/c1-71-36-34-38-73(62-71)102(74-39-35-37-72(2)63-74)75-64-94-96-95(65-75)104-98-90(99(3)60-32-33-61-100(99,104)4)68-87(107(82-52-26-11-27-53-82,83-54-28-12-29-55-83)84-56-30-13-31-57-84)70-92(98)101(96)91-69-86(106(79-46-20-8-21-47-79,80-48-22-9-23-49-80)81-50-24-10-25-51-81)67-89-88-66-85(58-59-93(88)103(94)97(89)91)105(76-40-14-5-15-41-76,77-42-16-6-17-43-77)78-44-18-7-19-45-78/h5-31,34-59,62-70H,32-33,60-61H2,1-4H3. The fraction of sp³-hybridized carbons (Fsp3) is 0.100. The highest BCUT2D eigenvalue weighted by atomic mass is 28.3. The minimum atomic E-state index is -3.30. The second-order valence-electron chi connectivity index (χ2n) is 31.0. The molecule has 1 saturated carbocycles. The molecule has 107 heavy (non-hydrogen) atoms. The smallest absolute Gasteiger partial charge is 0.252 e. The first-order valence-corrected chi connectivity index (χ1v) is 44.4. The van der Waals surface area contributed by atoms with E-state index in [-0.39, 0.29) is 17.7 Å². The lowest BCUT2D eigenvalue weighted by Crippen LogP contribution is -2.76. The lowest BCUT2D eigenvalue weighted by molar-refractivity contribution is 0.195. The van der Waals surface area contributed by atoms with Crippen molar-refractivity contribution in [1.29, 1.82) is 0 Å². The summed E-state index contributed by atoms with van der Waals surface area (Å²) in [5, 5.41) is 19.0. The summed E-state index contributed by atoms with van der Waals surface area (Å²) < 4.78 is 2.79. The molecule has 7 heteroatoms. The lowest BCUT2D eigenvalue weighted by Gasteiger charge is -2.52. The molecule has 15 aromatic carbocycles. The molecule has 3 nitrogen and oxygen atoms in total. The second-order valence-corrected chi connectivity index (χ2v) is 42.5. The minimum absolute atomic E-state index is 0.217. The van der Waals surface area contributed by atoms with E-state index in [1.54, 1.807) is 0 Å². The van der Waals surface area contributed by atoms with Gasteiger partial charge in [-0.25, -0.2) is 0 Å². The third-order valence-electron chi connectivity index (χ3n) is 25.6. The van der Waals surface area contributed by atoms with E-state index in [1.807, 2.05) is 0 Å². The number of fused-ring (bicyclic) bond motifs is 10. The van der Waals surface area contributed by atoms with Crippen molar-refractivity contribution < 1.29 is 0 Å². The maximum atomic E-state index is 2.98. The van der Waals surface area contributed by atoms with Crippen molar-refractivity contribution in [3.8, 4) is 5.69 Å². The Morgan fingerprint density at radius 2 is 0.692 bits per heavy atom. The number of hydrogen-bond donors (Lipinski definition) is 0. The summed E-state index contributed by atoms with van der Waals surface area (Å²) in [5.74, 6) is 0. The first kappa shape index (κ1) is 65.0. The molecule has 20 rings (SSSR count). The Bertz CT molecular complexity index is 5750. The highest BCUT2D eigenvalue weighted by molar-refractivity contribution is 7.21. The highest BCUT2D eigenvalue weighted by Gasteiger charge is 2.62. The number of hydrogen-bond acceptors (Lipinski definition) is 2. The molecule has 1 aromatic heterocycles. The maximum absolute atomic E-state index is 3.30. The van der Waals surface area contributed by atoms with Gasteiger partial charge < -0.3 is 14.4 Å². The third kappa shape index (κ3) is 9.50. The van der Waals surface area contributed by atoms with Gasteiger partial charge in [0, 0.05) is 50.1 Å². The van der Waals surface area contributed by atoms with Crippen molar-refractivity contribution in [2.45, 2.75) is 64.3 Å². The van der Waals surface area contributed by atoms with Gasteiger partial charge in [-0.05, 0) is 171 Å². The van der Waals surface area contributed by atoms with Gasteiger partial charge in [-0.15, -0.1) is 0 Å². The van der Waals surface area contributed by atoms with Gasteiger partial charge in [0.05, 0.1) is 16.7 Å². The van der Waals surface area contributed by atoms with Crippen molar-refractivity contribution in [3.05, 3.63) is 393 Å². The van der Waals surface area contributed by atoms with Crippen LogP contribution in [-0.2, 0) is 5.41 Å². The Balaban J connectivity index is 1.01. The summed E-state index contributed by atoms with van der Waals surface area (Å²) in [7, 11) is -9.62. The molecule has 16 aromatic rings. The van der Waals surface area contributed by atoms with Gasteiger partial charge in [0.1, 0.15) is 0 Å². The molecule has 0 radical (unpaired) electrons. The summed E-state index contributed by atoms with van der Waals surface area (Å²) in [4.78, 5) is 5.55. The average Bonchev–Trinajstić information content (AvgIpc) is 1.50. The van der Waals surface area contributed by atoms with Gasteiger partial charge >= 0.3 is 0 Å². The molecule has 2 unspecified atom stereocenters. The van der Waals surface area contributed by atoms with E-state index < -0.39 is 24.2 Å². The number of aromatic nitrogens is 1. The zero-order chi connectivity index (χ0) is 71.6. The van der Waals surface area contributed by atoms with E-state index in [9.17, 15) is 0 Å². The van der Waals surface area contributed by atoms with Crippen LogP contribution in [0.4, 0.5) is 28.4 Å². The molecular formula is C100H82BN3Si3. The van der Waals surface area contributed by atoms with Crippen molar-refractivity contribution in [3.63, 3.8) is 0 Å².